The first-order chi connectivity index (χ1) is 12.7. The molecule has 1 saturated heterocycles. The van der Waals surface area contributed by atoms with Crippen molar-refractivity contribution >= 4 is 29.2 Å². The molecule has 1 aliphatic heterocycles. The second-order valence-corrected chi connectivity index (χ2v) is 7.84. The number of thiophene rings is 1. The molecular formula is C21H22N2O2S. The molecule has 0 bridgehead atoms. The van der Waals surface area contributed by atoms with Crippen molar-refractivity contribution in [2.45, 2.75) is 12.3 Å². The number of piperazine rings is 1. The fraction of sp³-hybridized carbons (Fsp3) is 0.333. The number of rotatable bonds is 4. The van der Waals surface area contributed by atoms with E-state index in [0.29, 0.717) is 32.1 Å². The van der Waals surface area contributed by atoms with Crippen LogP contribution in [-0.2, 0) is 9.59 Å². The zero-order valence-electron chi connectivity index (χ0n) is 14.6. The van der Waals surface area contributed by atoms with Crippen LogP contribution in [0.1, 0.15) is 22.8 Å². The quantitative estimate of drug-likeness (QED) is 0.780. The lowest BCUT2D eigenvalue weighted by molar-refractivity contribution is -0.138. The van der Waals surface area contributed by atoms with Gasteiger partial charge >= 0.3 is 0 Å². The lowest BCUT2D eigenvalue weighted by Crippen LogP contribution is -2.50. The Morgan fingerprint density at radius 2 is 1.69 bits per heavy atom. The van der Waals surface area contributed by atoms with Crippen LogP contribution in [0.3, 0.4) is 0 Å². The summed E-state index contributed by atoms with van der Waals surface area (Å²) in [4.78, 5) is 30.1. The monoisotopic (exact) mass is 366 g/mol. The first-order valence-electron chi connectivity index (χ1n) is 9.06. The van der Waals surface area contributed by atoms with Crippen molar-refractivity contribution in [2.24, 2.45) is 5.92 Å². The van der Waals surface area contributed by atoms with Crippen molar-refractivity contribution in [3.63, 3.8) is 0 Å². The van der Waals surface area contributed by atoms with Crippen LogP contribution in [-0.4, -0.2) is 47.8 Å². The van der Waals surface area contributed by atoms with Gasteiger partial charge in [0.1, 0.15) is 0 Å². The van der Waals surface area contributed by atoms with E-state index in [1.54, 1.807) is 17.4 Å². The van der Waals surface area contributed by atoms with Crippen LogP contribution >= 0.6 is 11.3 Å². The topological polar surface area (TPSA) is 40.6 Å². The van der Waals surface area contributed by atoms with Crippen LogP contribution in [0.15, 0.2) is 53.9 Å². The van der Waals surface area contributed by atoms with Crippen LogP contribution in [0.5, 0.6) is 0 Å². The molecule has 2 fully saturated rings. The zero-order chi connectivity index (χ0) is 17.9. The molecule has 1 aliphatic carbocycles. The maximum absolute atomic E-state index is 12.7. The number of nitrogens with zero attached hydrogens (tertiary/aromatic N) is 2. The lowest BCUT2D eigenvalue weighted by Gasteiger charge is -2.34. The first kappa shape index (κ1) is 17.0. The number of hydrogen-bond acceptors (Lipinski definition) is 3. The van der Waals surface area contributed by atoms with Gasteiger partial charge in [-0.15, -0.1) is 11.3 Å². The molecule has 4 rings (SSSR count). The van der Waals surface area contributed by atoms with Crippen LogP contribution in [0.2, 0.25) is 0 Å². The second-order valence-electron chi connectivity index (χ2n) is 6.86. The standard InChI is InChI=1S/C21H22N2O2S/c24-20(9-8-16-5-2-1-3-6-16)22-10-12-23(13-11-22)21(25)18-15-17(18)19-7-4-14-26-19/h1-9,14,17-18H,10-13,15H2/b9-8+/t17-,18-/m1/s1. The van der Waals surface area contributed by atoms with Crippen LogP contribution in [0, 0.1) is 5.92 Å². The Kier molecular flexibility index (Phi) is 4.89. The predicted octanol–water partition coefficient (Wildman–Crippen LogP) is 3.24. The highest BCUT2D eigenvalue weighted by Crippen LogP contribution is 2.50. The third-order valence-corrected chi connectivity index (χ3v) is 6.14. The summed E-state index contributed by atoms with van der Waals surface area (Å²) >= 11 is 1.74. The molecule has 2 heterocycles. The molecule has 0 spiro atoms. The molecular weight excluding hydrogens is 344 g/mol. The maximum atomic E-state index is 12.7. The van der Waals surface area contributed by atoms with Gasteiger partial charge in [0.15, 0.2) is 0 Å². The highest BCUT2D eigenvalue weighted by Gasteiger charge is 2.46. The SMILES string of the molecule is O=C(/C=C/c1ccccc1)N1CCN(C(=O)[C@@H]2C[C@H]2c2cccs2)CC1. The highest BCUT2D eigenvalue weighted by molar-refractivity contribution is 7.10. The van der Waals surface area contributed by atoms with E-state index in [4.69, 9.17) is 0 Å². The van der Waals surface area contributed by atoms with Gasteiger partial charge in [-0.1, -0.05) is 36.4 Å². The van der Waals surface area contributed by atoms with Crippen LogP contribution in [0.4, 0.5) is 0 Å². The average Bonchev–Trinajstić information content (AvgIpc) is 3.31. The Balaban J connectivity index is 1.27. The van der Waals surface area contributed by atoms with E-state index < -0.39 is 0 Å². The van der Waals surface area contributed by atoms with E-state index in [1.807, 2.05) is 52.3 Å². The Bertz CT molecular complexity index is 793. The van der Waals surface area contributed by atoms with E-state index in [-0.39, 0.29) is 17.7 Å². The van der Waals surface area contributed by atoms with Crippen LogP contribution < -0.4 is 0 Å². The Morgan fingerprint density at radius 3 is 2.38 bits per heavy atom. The minimum atomic E-state index is 0.0174. The van der Waals surface area contributed by atoms with Crippen molar-refractivity contribution in [3.8, 4) is 0 Å². The van der Waals surface area contributed by atoms with Gasteiger partial charge in [-0.2, -0.15) is 0 Å². The number of carbonyl (C=O) groups is 2. The van der Waals surface area contributed by atoms with Gasteiger partial charge in [0, 0.05) is 49.0 Å². The molecule has 134 valence electrons. The Morgan fingerprint density at radius 1 is 0.962 bits per heavy atom. The van der Waals surface area contributed by atoms with E-state index in [2.05, 4.69) is 11.4 Å². The second kappa shape index (κ2) is 7.46. The molecule has 1 aromatic carbocycles. The van der Waals surface area contributed by atoms with Gasteiger partial charge < -0.3 is 9.80 Å². The molecule has 2 amide bonds. The maximum Gasteiger partial charge on any atom is 0.246 e. The molecule has 2 aromatic rings. The number of amides is 2. The third kappa shape index (κ3) is 3.73. The molecule has 0 N–H and O–H groups in total. The number of carbonyl (C=O) groups excluding carboxylic acids is 2. The summed E-state index contributed by atoms with van der Waals surface area (Å²) in [5, 5.41) is 2.07. The molecule has 1 saturated carbocycles. The fourth-order valence-electron chi connectivity index (χ4n) is 3.50. The Labute approximate surface area is 157 Å². The molecule has 2 atom stereocenters. The predicted molar refractivity (Wildman–Crippen MR) is 104 cm³/mol. The largest absolute Gasteiger partial charge is 0.339 e. The van der Waals surface area contributed by atoms with Crippen molar-refractivity contribution in [1.82, 2.24) is 9.80 Å². The van der Waals surface area contributed by atoms with Crippen molar-refractivity contribution in [3.05, 3.63) is 64.4 Å². The summed E-state index contributed by atoms with van der Waals surface area (Å²) in [5.74, 6) is 0.837. The third-order valence-electron chi connectivity index (χ3n) is 5.14. The summed E-state index contributed by atoms with van der Waals surface area (Å²) in [6.07, 6.45) is 4.44. The van der Waals surface area contributed by atoms with E-state index in [9.17, 15) is 9.59 Å². The fourth-order valence-corrected chi connectivity index (χ4v) is 4.41. The molecule has 5 heteroatoms. The molecule has 1 aromatic heterocycles. The van der Waals surface area contributed by atoms with Crippen LogP contribution in [0.25, 0.3) is 6.08 Å². The van der Waals surface area contributed by atoms with E-state index in [0.717, 1.165) is 12.0 Å². The first-order valence-corrected chi connectivity index (χ1v) is 9.94. The smallest absolute Gasteiger partial charge is 0.246 e. The van der Waals surface area contributed by atoms with Gasteiger partial charge in [0.05, 0.1) is 0 Å². The molecule has 0 unspecified atom stereocenters. The van der Waals surface area contributed by atoms with Gasteiger partial charge in [0.2, 0.25) is 11.8 Å². The minimum Gasteiger partial charge on any atom is -0.339 e. The molecule has 26 heavy (non-hydrogen) atoms. The summed E-state index contributed by atoms with van der Waals surface area (Å²) in [5.41, 5.74) is 1.02. The molecule has 2 aliphatic rings. The number of hydrogen-bond donors (Lipinski definition) is 0. The normalized spacial score (nSPS) is 22.6. The molecule has 0 radical (unpaired) electrons. The van der Waals surface area contributed by atoms with Crippen molar-refractivity contribution < 1.29 is 9.59 Å². The Hall–Kier alpha value is -2.40. The summed E-state index contributed by atoms with van der Waals surface area (Å²) in [6, 6.07) is 14.0. The summed E-state index contributed by atoms with van der Waals surface area (Å²) in [6.45, 7) is 2.50. The zero-order valence-corrected chi connectivity index (χ0v) is 15.4. The summed E-state index contributed by atoms with van der Waals surface area (Å²) < 4.78 is 0. The van der Waals surface area contributed by atoms with E-state index >= 15 is 0 Å². The van der Waals surface area contributed by atoms with Crippen molar-refractivity contribution in [1.29, 1.82) is 0 Å². The molecule has 4 nitrogen and oxygen atoms in total. The van der Waals surface area contributed by atoms with Gasteiger partial charge in [-0.25, -0.2) is 0 Å². The van der Waals surface area contributed by atoms with Gasteiger partial charge in [0.25, 0.3) is 0 Å². The van der Waals surface area contributed by atoms with Gasteiger partial charge in [-0.05, 0) is 29.5 Å². The summed E-state index contributed by atoms with van der Waals surface area (Å²) in [7, 11) is 0. The lowest BCUT2D eigenvalue weighted by atomic mass is 10.2. The minimum absolute atomic E-state index is 0.0174. The number of benzene rings is 1. The van der Waals surface area contributed by atoms with Crippen molar-refractivity contribution in [2.75, 3.05) is 26.2 Å². The highest BCUT2D eigenvalue weighted by atomic mass is 32.1. The average molecular weight is 366 g/mol. The van der Waals surface area contributed by atoms with E-state index in [1.165, 1.54) is 4.88 Å². The van der Waals surface area contributed by atoms with Gasteiger partial charge in [-0.3, -0.25) is 9.59 Å².